The van der Waals surface area contributed by atoms with Gasteiger partial charge in [-0.25, -0.2) is 9.46 Å². The van der Waals surface area contributed by atoms with E-state index in [2.05, 4.69) is 5.32 Å². The van der Waals surface area contributed by atoms with Crippen LogP contribution in [0, 0.1) is 0 Å². The van der Waals surface area contributed by atoms with Gasteiger partial charge in [-0.2, -0.15) is 0 Å². The second kappa shape index (κ2) is 12.6. The summed E-state index contributed by atoms with van der Waals surface area (Å²) in [7, 11) is 0. The van der Waals surface area contributed by atoms with Crippen molar-refractivity contribution in [2.45, 2.75) is 25.2 Å². The van der Waals surface area contributed by atoms with Gasteiger partial charge in [0.1, 0.15) is 0 Å². The molecule has 0 saturated carbocycles. The number of urea groups is 1. The SMILES string of the molecule is CCCSP(=O)(OCC)N(CCSc1ccccc1)C(=O)Nc1ccc(Cl)cc1. The number of thioether (sulfide) groups is 1. The summed E-state index contributed by atoms with van der Waals surface area (Å²) in [6.07, 6.45) is 0.840. The van der Waals surface area contributed by atoms with Crippen molar-refractivity contribution in [1.29, 1.82) is 0 Å². The summed E-state index contributed by atoms with van der Waals surface area (Å²) < 4.78 is 20.6. The number of halogens is 1. The fraction of sp³-hybridized carbons (Fsp3) is 0.350. The first kappa shape index (κ1) is 24.2. The van der Waals surface area contributed by atoms with Crippen LogP contribution in [0.5, 0.6) is 0 Å². The third kappa shape index (κ3) is 7.91. The predicted octanol–water partition coefficient (Wildman–Crippen LogP) is 7.25. The van der Waals surface area contributed by atoms with E-state index in [1.807, 2.05) is 37.3 Å². The monoisotopic (exact) mass is 472 g/mol. The minimum absolute atomic E-state index is 0.268. The number of rotatable bonds is 11. The van der Waals surface area contributed by atoms with E-state index in [-0.39, 0.29) is 6.61 Å². The Kier molecular flexibility index (Phi) is 10.5. The van der Waals surface area contributed by atoms with E-state index in [9.17, 15) is 9.36 Å². The third-order valence-corrected chi connectivity index (χ3v) is 9.84. The zero-order chi connectivity index (χ0) is 21.1. The molecule has 1 unspecified atom stereocenters. The number of nitrogens with one attached hydrogen (secondary N) is 1. The van der Waals surface area contributed by atoms with E-state index in [0.717, 1.165) is 11.3 Å². The molecule has 0 aliphatic carbocycles. The van der Waals surface area contributed by atoms with Crippen LogP contribution in [0.4, 0.5) is 10.5 Å². The molecule has 0 radical (unpaired) electrons. The molecule has 5 nitrogen and oxygen atoms in total. The number of carbonyl (C=O) groups excluding carboxylic acids is 1. The first-order valence-corrected chi connectivity index (χ1v) is 13.9. The molecule has 0 aliphatic heterocycles. The highest BCUT2D eigenvalue weighted by atomic mass is 35.5. The maximum Gasteiger partial charge on any atom is 0.357 e. The summed E-state index contributed by atoms with van der Waals surface area (Å²) in [5, 5.41) is 3.39. The van der Waals surface area contributed by atoms with Gasteiger partial charge in [-0.05, 0) is 61.1 Å². The quantitative estimate of drug-likeness (QED) is 0.275. The highest BCUT2D eigenvalue weighted by Gasteiger charge is 2.36. The summed E-state index contributed by atoms with van der Waals surface area (Å²) in [6, 6.07) is 16.3. The number of carbonyl (C=O) groups is 1. The second-order valence-corrected chi connectivity index (χ2v) is 12.0. The Labute approximate surface area is 186 Å². The largest absolute Gasteiger partial charge is 0.357 e. The topological polar surface area (TPSA) is 58.6 Å². The maximum atomic E-state index is 13.6. The molecular weight excluding hydrogens is 447 g/mol. The molecule has 9 heteroatoms. The minimum atomic E-state index is -3.37. The number of nitrogens with zero attached hydrogens (tertiary/aromatic N) is 1. The van der Waals surface area contributed by atoms with Crippen LogP contribution in [0.25, 0.3) is 0 Å². The Hall–Kier alpha value is -1.11. The minimum Gasteiger partial charge on any atom is -0.307 e. The van der Waals surface area contributed by atoms with Gasteiger partial charge in [-0.1, -0.05) is 36.7 Å². The Morgan fingerprint density at radius 2 is 1.79 bits per heavy atom. The Morgan fingerprint density at radius 3 is 2.41 bits per heavy atom. The highest BCUT2D eigenvalue weighted by Crippen LogP contribution is 2.62. The van der Waals surface area contributed by atoms with Crippen LogP contribution in [-0.4, -0.2) is 35.4 Å². The highest BCUT2D eigenvalue weighted by molar-refractivity contribution is 8.56. The Bertz CT molecular complexity index is 809. The van der Waals surface area contributed by atoms with E-state index in [1.54, 1.807) is 43.0 Å². The zero-order valence-electron chi connectivity index (χ0n) is 16.5. The second-order valence-electron chi connectivity index (χ2n) is 5.94. The van der Waals surface area contributed by atoms with Crippen LogP contribution in [0.2, 0.25) is 5.02 Å². The molecule has 2 aromatic rings. The van der Waals surface area contributed by atoms with Gasteiger partial charge < -0.3 is 9.84 Å². The molecule has 1 N–H and O–H groups in total. The Balaban J connectivity index is 2.16. The van der Waals surface area contributed by atoms with Gasteiger partial charge in [-0.3, -0.25) is 4.57 Å². The smallest absolute Gasteiger partial charge is 0.307 e. The summed E-state index contributed by atoms with van der Waals surface area (Å²) in [5.41, 5.74) is 0.587. The molecule has 0 aromatic heterocycles. The molecule has 158 valence electrons. The van der Waals surface area contributed by atoms with Crippen molar-refractivity contribution < 1.29 is 13.9 Å². The number of amides is 2. The molecule has 0 spiro atoms. The molecule has 0 bridgehead atoms. The van der Waals surface area contributed by atoms with Crippen molar-refractivity contribution in [3.8, 4) is 0 Å². The Morgan fingerprint density at radius 1 is 1.10 bits per heavy atom. The third-order valence-electron chi connectivity index (χ3n) is 3.69. The van der Waals surface area contributed by atoms with Crippen molar-refractivity contribution >= 4 is 53.2 Å². The zero-order valence-corrected chi connectivity index (χ0v) is 19.8. The number of benzene rings is 2. The fourth-order valence-electron chi connectivity index (χ4n) is 2.37. The van der Waals surface area contributed by atoms with Crippen molar-refractivity contribution in [1.82, 2.24) is 4.67 Å². The summed E-state index contributed by atoms with van der Waals surface area (Å²) >= 11 is 8.73. The van der Waals surface area contributed by atoms with E-state index in [4.69, 9.17) is 16.1 Å². The molecule has 0 aliphatic rings. The first-order valence-electron chi connectivity index (χ1n) is 9.40. The van der Waals surface area contributed by atoms with Crippen molar-refractivity contribution in [2.75, 3.05) is 30.0 Å². The van der Waals surface area contributed by atoms with Crippen molar-refractivity contribution in [3.63, 3.8) is 0 Å². The van der Waals surface area contributed by atoms with Gasteiger partial charge in [0.25, 0.3) is 0 Å². The molecule has 0 saturated heterocycles. The molecule has 29 heavy (non-hydrogen) atoms. The van der Waals surface area contributed by atoms with Gasteiger partial charge >= 0.3 is 12.8 Å². The first-order chi connectivity index (χ1) is 14.0. The normalized spacial score (nSPS) is 12.9. The number of hydrogen-bond donors (Lipinski definition) is 1. The summed E-state index contributed by atoms with van der Waals surface area (Å²) in [4.78, 5) is 14.1. The fourth-order valence-corrected chi connectivity index (χ4v) is 7.87. The molecular formula is C20H26ClN2O3PS2. The molecule has 2 rings (SSSR count). The van der Waals surface area contributed by atoms with Gasteiger partial charge in [-0.15, -0.1) is 11.8 Å². The molecule has 0 heterocycles. The lowest BCUT2D eigenvalue weighted by Gasteiger charge is -2.30. The summed E-state index contributed by atoms with van der Waals surface area (Å²) in [5.74, 6) is 1.25. The lowest BCUT2D eigenvalue weighted by Crippen LogP contribution is -2.34. The average molecular weight is 473 g/mol. The van der Waals surface area contributed by atoms with Crippen LogP contribution < -0.4 is 5.32 Å². The van der Waals surface area contributed by atoms with Crippen molar-refractivity contribution in [3.05, 3.63) is 59.6 Å². The van der Waals surface area contributed by atoms with Crippen LogP contribution in [0.15, 0.2) is 59.5 Å². The van der Waals surface area contributed by atoms with Crippen LogP contribution >= 0.6 is 41.5 Å². The van der Waals surface area contributed by atoms with Gasteiger partial charge in [0, 0.05) is 33.7 Å². The van der Waals surface area contributed by atoms with E-state index < -0.39 is 12.8 Å². The van der Waals surface area contributed by atoms with Crippen LogP contribution in [-0.2, 0) is 9.09 Å². The molecule has 1 atom stereocenters. The van der Waals surface area contributed by atoms with Gasteiger partial charge in [0.05, 0.1) is 6.61 Å². The standard InChI is InChI=1S/C20H26ClN2O3PS2/c1-3-15-29-27(25,26-4-2)23(14-16-28-19-8-6-5-7-9-19)20(24)22-18-12-10-17(21)11-13-18/h5-13H,3-4,14-16H2,1-2H3,(H,22,24). The average Bonchev–Trinajstić information content (AvgIpc) is 2.72. The maximum absolute atomic E-state index is 13.6. The van der Waals surface area contributed by atoms with E-state index >= 15 is 0 Å². The molecule has 2 aromatic carbocycles. The summed E-state index contributed by atoms with van der Waals surface area (Å²) in [6.45, 7) is 0.987. The molecule has 0 fully saturated rings. The van der Waals surface area contributed by atoms with Gasteiger partial charge in [0.2, 0.25) is 0 Å². The predicted molar refractivity (Wildman–Crippen MR) is 126 cm³/mol. The van der Waals surface area contributed by atoms with Crippen LogP contribution in [0.1, 0.15) is 20.3 Å². The number of anilines is 1. The molecule has 2 amide bonds. The van der Waals surface area contributed by atoms with Gasteiger partial charge in [0.15, 0.2) is 0 Å². The number of hydrogen-bond acceptors (Lipinski definition) is 5. The van der Waals surface area contributed by atoms with Crippen molar-refractivity contribution in [2.24, 2.45) is 0 Å². The van der Waals surface area contributed by atoms with E-state index in [0.29, 0.717) is 28.8 Å². The van der Waals surface area contributed by atoms with E-state index in [1.165, 1.54) is 16.1 Å². The van der Waals surface area contributed by atoms with Crippen LogP contribution in [0.3, 0.4) is 0 Å². The lowest BCUT2D eigenvalue weighted by atomic mass is 10.3. The lowest BCUT2D eigenvalue weighted by molar-refractivity contribution is 0.229.